The third-order valence-corrected chi connectivity index (χ3v) is 2.19. The van der Waals surface area contributed by atoms with E-state index in [1.165, 1.54) is 0 Å². The maximum atomic E-state index is 11.1. The van der Waals surface area contributed by atoms with Crippen LogP contribution in [0.25, 0.3) is 0 Å². The molecule has 86 valence electrons. The third kappa shape index (κ3) is 4.64. The number of hydrogen-bond donors (Lipinski definition) is 2. The van der Waals surface area contributed by atoms with E-state index in [9.17, 15) is 14.4 Å². The minimum absolute atomic E-state index is 0.0834. The van der Waals surface area contributed by atoms with E-state index in [-0.39, 0.29) is 19.3 Å². The summed E-state index contributed by atoms with van der Waals surface area (Å²) in [5.41, 5.74) is 4.87. The summed E-state index contributed by atoms with van der Waals surface area (Å²) in [6.07, 6.45) is -0.110. The lowest BCUT2D eigenvalue weighted by Crippen LogP contribution is -2.39. The van der Waals surface area contributed by atoms with E-state index in [1.54, 1.807) is 6.92 Å². The van der Waals surface area contributed by atoms with Gasteiger partial charge in [0.25, 0.3) is 0 Å². The standard InChI is InChI=1S/C8H13ClN2O4/c1-2-7(13)11(9)5(8(14)15)3-4-6(10)12/h5H,2-4H2,1H3,(H2,10,12)(H,14,15). The summed E-state index contributed by atoms with van der Waals surface area (Å²) in [6.45, 7) is 1.56. The number of amides is 2. The molecule has 0 bridgehead atoms. The summed E-state index contributed by atoms with van der Waals surface area (Å²) in [6, 6.07) is -1.22. The molecule has 6 nitrogen and oxygen atoms in total. The molecule has 0 aliphatic heterocycles. The van der Waals surface area contributed by atoms with Crippen LogP contribution in [-0.4, -0.2) is 33.4 Å². The van der Waals surface area contributed by atoms with Crippen molar-refractivity contribution >= 4 is 29.6 Å². The monoisotopic (exact) mass is 236 g/mol. The number of carboxylic acids is 1. The first-order chi connectivity index (χ1) is 6.90. The molecule has 2 amide bonds. The summed E-state index contributed by atoms with van der Waals surface area (Å²) >= 11 is 5.53. The summed E-state index contributed by atoms with van der Waals surface area (Å²) in [5.74, 6) is -2.39. The lowest BCUT2D eigenvalue weighted by Gasteiger charge is -2.20. The molecule has 0 fully saturated rings. The Labute approximate surface area is 92.1 Å². The molecule has 0 saturated carbocycles. The lowest BCUT2D eigenvalue weighted by molar-refractivity contribution is -0.146. The van der Waals surface area contributed by atoms with Gasteiger partial charge in [-0.25, -0.2) is 9.21 Å². The van der Waals surface area contributed by atoms with Crippen molar-refractivity contribution < 1.29 is 19.5 Å². The van der Waals surface area contributed by atoms with Gasteiger partial charge in [-0.05, 0) is 6.42 Å². The molecule has 0 aromatic heterocycles. The SMILES string of the molecule is CCC(=O)N(Cl)C(CCC(N)=O)C(=O)O. The van der Waals surface area contributed by atoms with Gasteiger partial charge in [-0.2, -0.15) is 0 Å². The van der Waals surface area contributed by atoms with Gasteiger partial charge in [0.05, 0.1) is 0 Å². The number of nitrogens with two attached hydrogens (primary N) is 1. The smallest absolute Gasteiger partial charge is 0.327 e. The van der Waals surface area contributed by atoms with Crippen molar-refractivity contribution in [1.29, 1.82) is 0 Å². The predicted octanol–water partition coefficient (Wildman–Crippen LogP) is 0.0975. The predicted molar refractivity (Wildman–Crippen MR) is 52.8 cm³/mol. The van der Waals surface area contributed by atoms with Crippen molar-refractivity contribution in [2.45, 2.75) is 32.2 Å². The molecular formula is C8H13ClN2O4. The van der Waals surface area contributed by atoms with Crippen LogP contribution in [0.3, 0.4) is 0 Å². The van der Waals surface area contributed by atoms with E-state index in [4.69, 9.17) is 22.6 Å². The molecule has 0 aromatic carbocycles. The van der Waals surface area contributed by atoms with Crippen molar-refractivity contribution in [3.63, 3.8) is 0 Å². The van der Waals surface area contributed by atoms with Crippen LogP contribution in [0.2, 0.25) is 0 Å². The van der Waals surface area contributed by atoms with Crippen LogP contribution in [-0.2, 0) is 14.4 Å². The molecule has 0 heterocycles. The number of aliphatic carboxylic acids is 1. The first-order valence-electron chi connectivity index (χ1n) is 4.39. The number of rotatable bonds is 6. The van der Waals surface area contributed by atoms with Gasteiger partial charge in [-0.1, -0.05) is 6.92 Å². The highest BCUT2D eigenvalue weighted by molar-refractivity contribution is 6.22. The zero-order chi connectivity index (χ0) is 12.0. The number of nitrogens with zero attached hydrogens (tertiary/aromatic N) is 1. The van der Waals surface area contributed by atoms with Crippen molar-refractivity contribution in [3.05, 3.63) is 0 Å². The van der Waals surface area contributed by atoms with Crippen LogP contribution in [0.1, 0.15) is 26.2 Å². The van der Waals surface area contributed by atoms with Gasteiger partial charge in [-0.15, -0.1) is 0 Å². The zero-order valence-corrected chi connectivity index (χ0v) is 9.03. The second-order valence-electron chi connectivity index (χ2n) is 2.92. The van der Waals surface area contributed by atoms with Crippen molar-refractivity contribution in [3.8, 4) is 0 Å². The van der Waals surface area contributed by atoms with Crippen LogP contribution >= 0.6 is 11.8 Å². The van der Waals surface area contributed by atoms with Gasteiger partial charge in [0.15, 0.2) is 0 Å². The summed E-state index contributed by atoms with van der Waals surface area (Å²) in [7, 11) is 0. The highest BCUT2D eigenvalue weighted by Gasteiger charge is 2.27. The summed E-state index contributed by atoms with van der Waals surface area (Å²) in [5, 5.41) is 8.77. The van der Waals surface area contributed by atoms with Crippen molar-refractivity contribution in [2.24, 2.45) is 5.73 Å². The molecule has 3 N–H and O–H groups in total. The van der Waals surface area contributed by atoms with Crippen LogP contribution in [0.4, 0.5) is 0 Å². The van der Waals surface area contributed by atoms with Crippen LogP contribution in [0, 0.1) is 0 Å². The normalized spacial score (nSPS) is 11.9. The van der Waals surface area contributed by atoms with Gasteiger partial charge in [0.1, 0.15) is 6.04 Å². The molecule has 0 aliphatic rings. The van der Waals surface area contributed by atoms with Gasteiger partial charge in [0, 0.05) is 24.6 Å². The minimum atomic E-state index is -1.26. The number of halogens is 1. The fourth-order valence-corrected chi connectivity index (χ4v) is 1.24. The molecule has 0 rings (SSSR count). The maximum absolute atomic E-state index is 11.1. The Kier molecular flexibility index (Phi) is 5.69. The first-order valence-corrected chi connectivity index (χ1v) is 4.72. The summed E-state index contributed by atoms with van der Waals surface area (Å²) < 4.78 is 0.602. The Balaban J connectivity index is 4.45. The molecule has 0 radical (unpaired) electrons. The Morgan fingerprint density at radius 3 is 2.33 bits per heavy atom. The average Bonchev–Trinajstić information content (AvgIpc) is 2.15. The lowest BCUT2D eigenvalue weighted by atomic mass is 10.1. The van der Waals surface area contributed by atoms with E-state index in [1.807, 2.05) is 0 Å². The quantitative estimate of drug-likeness (QED) is 0.639. The second-order valence-corrected chi connectivity index (χ2v) is 3.28. The van der Waals surface area contributed by atoms with Crippen LogP contribution in [0.5, 0.6) is 0 Å². The second kappa shape index (κ2) is 6.23. The van der Waals surface area contributed by atoms with Crippen LogP contribution < -0.4 is 5.73 Å². The Hall–Kier alpha value is -1.30. The number of primary amides is 1. The molecule has 1 unspecified atom stereocenters. The van der Waals surface area contributed by atoms with E-state index < -0.39 is 23.8 Å². The summed E-state index contributed by atoms with van der Waals surface area (Å²) in [4.78, 5) is 32.3. The van der Waals surface area contributed by atoms with Gasteiger partial charge in [0.2, 0.25) is 11.8 Å². The Morgan fingerprint density at radius 1 is 1.47 bits per heavy atom. The molecule has 15 heavy (non-hydrogen) atoms. The molecule has 0 aliphatic carbocycles. The molecule has 0 aromatic rings. The number of carbonyl (C=O) groups is 3. The Morgan fingerprint density at radius 2 is 2.00 bits per heavy atom. The van der Waals surface area contributed by atoms with Crippen LogP contribution in [0.15, 0.2) is 0 Å². The fraction of sp³-hybridized carbons (Fsp3) is 0.625. The molecule has 7 heteroatoms. The fourth-order valence-electron chi connectivity index (χ4n) is 0.938. The highest BCUT2D eigenvalue weighted by atomic mass is 35.5. The van der Waals surface area contributed by atoms with Crippen molar-refractivity contribution in [1.82, 2.24) is 4.42 Å². The number of carboxylic acid groups (broad SMARTS) is 1. The minimum Gasteiger partial charge on any atom is -0.480 e. The molecule has 0 spiro atoms. The van der Waals surface area contributed by atoms with E-state index in [0.717, 1.165) is 0 Å². The largest absolute Gasteiger partial charge is 0.480 e. The molecular weight excluding hydrogens is 224 g/mol. The van der Waals surface area contributed by atoms with E-state index in [2.05, 4.69) is 0 Å². The van der Waals surface area contributed by atoms with Gasteiger partial charge in [-0.3, -0.25) is 9.59 Å². The zero-order valence-electron chi connectivity index (χ0n) is 8.27. The topological polar surface area (TPSA) is 101 Å². The molecule has 1 atom stereocenters. The van der Waals surface area contributed by atoms with Crippen molar-refractivity contribution in [2.75, 3.05) is 0 Å². The molecule has 0 saturated heterocycles. The maximum Gasteiger partial charge on any atom is 0.327 e. The van der Waals surface area contributed by atoms with Gasteiger partial charge >= 0.3 is 5.97 Å². The van der Waals surface area contributed by atoms with E-state index >= 15 is 0 Å². The highest BCUT2D eigenvalue weighted by Crippen LogP contribution is 2.12. The third-order valence-electron chi connectivity index (χ3n) is 1.76. The van der Waals surface area contributed by atoms with Gasteiger partial charge < -0.3 is 10.8 Å². The van der Waals surface area contributed by atoms with E-state index in [0.29, 0.717) is 4.42 Å². The first kappa shape index (κ1) is 13.7. The number of hydrogen-bond acceptors (Lipinski definition) is 3. The average molecular weight is 237 g/mol. The number of carbonyl (C=O) groups excluding carboxylic acids is 2. The Bertz CT molecular complexity index is 269.